The Labute approximate surface area is 204 Å². The first-order chi connectivity index (χ1) is 16.0. The van der Waals surface area contributed by atoms with Crippen LogP contribution in [-0.2, 0) is 14.6 Å². The van der Waals surface area contributed by atoms with Gasteiger partial charge in [-0.25, -0.2) is 12.8 Å². The number of nitrogens with one attached hydrogen (secondary N) is 1. The highest BCUT2D eigenvalue weighted by Crippen LogP contribution is 2.35. The fourth-order valence-corrected chi connectivity index (χ4v) is 4.23. The topological polar surface area (TPSA) is 63.2 Å². The number of carbonyl (C=O) groups is 1. The third-order valence-electron chi connectivity index (χ3n) is 5.43. The smallest absolute Gasteiger partial charge is 0.298 e. The van der Waals surface area contributed by atoms with Crippen LogP contribution in [-0.4, -0.2) is 38.3 Å². The van der Waals surface area contributed by atoms with E-state index in [4.69, 9.17) is 6.42 Å². The second-order valence-electron chi connectivity index (χ2n) is 9.27. The van der Waals surface area contributed by atoms with Gasteiger partial charge in [0.15, 0.2) is 15.6 Å². The molecular weight excluding hydrogens is 482 g/mol. The van der Waals surface area contributed by atoms with Gasteiger partial charge in [0.2, 0.25) is 0 Å². The Morgan fingerprint density at radius 3 is 1.89 bits per heavy atom. The predicted molar refractivity (Wildman–Crippen MR) is 128 cm³/mol. The SMILES string of the molecule is C#CC(C)CC(=O)[C@H](CC(C)(C)F)N[C@@H](c1ccc(-c2ccc(S(C)(=O)=O)cc2)cc1)C(F)(F)F. The molecule has 0 heterocycles. The lowest BCUT2D eigenvalue weighted by molar-refractivity contribution is -0.161. The van der Waals surface area contributed by atoms with Crippen LogP contribution in [0.15, 0.2) is 53.4 Å². The van der Waals surface area contributed by atoms with E-state index in [1.165, 1.54) is 50.2 Å². The molecular formula is C26H29F4NO3S. The average molecular weight is 512 g/mol. The van der Waals surface area contributed by atoms with Gasteiger partial charge < -0.3 is 0 Å². The number of rotatable bonds is 10. The summed E-state index contributed by atoms with van der Waals surface area (Å²) in [5, 5.41) is 2.33. The van der Waals surface area contributed by atoms with Gasteiger partial charge in [-0.1, -0.05) is 43.3 Å². The molecule has 9 heteroatoms. The Hall–Kier alpha value is -2.70. The zero-order valence-corrected chi connectivity index (χ0v) is 20.8. The van der Waals surface area contributed by atoms with Gasteiger partial charge in [0.25, 0.3) is 0 Å². The van der Waals surface area contributed by atoms with Crippen molar-refractivity contribution in [2.75, 3.05) is 6.26 Å². The van der Waals surface area contributed by atoms with Gasteiger partial charge in [0.1, 0.15) is 11.7 Å². The summed E-state index contributed by atoms with van der Waals surface area (Å²) in [5.74, 6) is 1.29. The summed E-state index contributed by atoms with van der Waals surface area (Å²) < 4.78 is 79.6. The number of benzene rings is 2. The fraction of sp³-hybridized carbons (Fsp3) is 0.423. The molecule has 1 N–H and O–H groups in total. The van der Waals surface area contributed by atoms with Gasteiger partial charge in [-0.15, -0.1) is 12.3 Å². The summed E-state index contributed by atoms with van der Waals surface area (Å²) in [6, 6.07) is 7.88. The van der Waals surface area contributed by atoms with Crippen LogP contribution in [0.5, 0.6) is 0 Å². The van der Waals surface area contributed by atoms with Crippen molar-refractivity contribution < 1.29 is 30.8 Å². The molecule has 0 aliphatic carbocycles. The second kappa shape index (κ2) is 10.9. The van der Waals surface area contributed by atoms with Gasteiger partial charge in [-0.2, -0.15) is 13.2 Å². The fourth-order valence-electron chi connectivity index (χ4n) is 3.60. The molecule has 2 aromatic rings. The van der Waals surface area contributed by atoms with E-state index in [1.807, 2.05) is 0 Å². The van der Waals surface area contributed by atoms with Gasteiger partial charge in [-0.05, 0) is 42.7 Å². The zero-order valence-electron chi connectivity index (χ0n) is 20.0. The third kappa shape index (κ3) is 8.48. The number of sulfone groups is 1. The lowest BCUT2D eigenvalue weighted by Gasteiger charge is -2.30. The lowest BCUT2D eigenvalue weighted by Crippen LogP contribution is -2.47. The van der Waals surface area contributed by atoms with E-state index in [0.717, 1.165) is 6.26 Å². The summed E-state index contributed by atoms with van der Waals surface area (Å²) in [5.41, 5.74) is -0.829. The standard InChI is InChI=1S/C26H29F4NO3S/c1-6-17(2)15-23(32)22(16-25(3,4)27)31-24(26(28,29)30)20-9-7-18(8-10-20)19-11-13-21(14-12-19)35(5,33)34/h1,7-14,17,22,24,31H,15-16H2,2-5H3/t17?,22-,24-/m0/s1. The highest BCUT2D eigenvalue weighted by atomic mass is 32.2. The quantitative estimate of drug-likeness (QED) is 0.329. The van der Waals surface area contributed by atoms with E-state index in [-0.39, 0.29) is 16.9 Å². The number of alkyl halides is 4. The van der Waals surface area contributed by atoms with Gasteiger partial charge >= 0.3 is 6.18 Å². The highest BCUT2D eigenvalue weighted by molar-refractivity contribution is 7.90. The van der Waals surface area contributed by atoms with Crippen molar-refractivity contribution in [1.82, 2.24) is 5.32 Å². The van der Waals surface area contributed by atoms with Crippen molar-refractivity contribution in [2.45, 2.75) is 62.4 Å². The average Bonchev–Trinajstić information content (AvgIpc) is 2.74. The molecule has 0 spiro atoms. The van der Waals surface area contributed by atoms with Crippen LogP contribution in [0.1, 0.15) is 45.2 Å². The molecule has 35 heavy (non-hydrogen) atoms. The number of Topliss-reactive ketones (excluding diaryl/α,β-unsaturated/α-hetero) is 1. The third-order valence-corrected chi connectivity index (χ3v) is 6.55. The Morgan fingerprint density at radius 2 is 1.49 bits per heavy atom. The monoisotopic (exact) mass is 511 g/mol. The number of hydrogen-bond donors (Lipinski definition) is 1. The number of halogens is 4. The van der Waals surface area contributed by atoms with Crippen LogP contribution in [0.25, 0.3) is 11.1 Å². The molecule has 0 aliphatic heterocycles. The summed E-state index contributed by atoms with van der Waals surface area (Å²) in [7, 11) is -3.38. The summed E-state index contributed by atoms with van der Waals surface area (Å²) in [6.45, 7) is 4.00. The number of terminal acetylenes is 1. The highest BCUT2D eigenvalue weighted by Gasteiger charge is 2.43. The first-order valence-electron chi connectivity index (χ1n) is 10.9. The van der Waals surface area contributed by atoms with Crippen molar-refractivity contribution in [3.63, 3.8) is 0 Å². The van der Waals surface area contributed by atoms with E-state index >= 15 is 0 Å². The van der Waals surface area contributed by atoms with Crippen molar-refractivity contribution in [3.8, 4) is 23.5 Å². The van der Waals surface area contributed by atoms with E-state index in [0.29, 0.717) is 11.1 Å². The summed E-state index contributed by atoms with van der Waals surface area (Å²) in [6.07, 6.45) is 1.01. The van der Waals surface area contributed by atoms with Gasteiger partial charge in [0.05, 0.1) is 10.9 Å². The molecule has 0 bridgehead atoms. The van der Waals surface area contributed by atoms with Crippen LogP contribution in [0.4, 0.5) is 17.6 Å². The molecule has 3 atom stereocenters. The summed E-state index contributed by atoms with van der Waals surface area (Å²) in [4.78, 5) is 12.8. The van der Waals surface area contributed by atoms with Crippen LogP contribution in [0.2, 0.25) is 0 Å². The molecule has 2 aromatic carbocycles. The first-order valence-corrected chi connectivity index (χ1v) is 12.8. The van der Waals surface area contributed by atoms with Gasteiger partial charge in [0, 0.05) is 25.0 Å². The Morgan fingerprint density at radius 1 is 1.00 bits per heavy atom. The molecule has 1 unspecified atom stereocenters. The van der Waals surface area contributed by atoms with Gasteiger partial charge in [-0.3, -0.25) is 10.1 Å². The maximum Gasteiger partial charge on any atom is 0.407 e. The molecule has 0 fully saturated rings. The maximum atomic E-state index is 14.4. The van der Waals surface area contributed by atoms with E-state index in [1.54, 1.807) is 19.1 Å². The van der Waals surface area contributed by atoms with E-state index in [9.17, 15) is 30.8 Å². The second-order valence-corrected chi connectivity index (χ2v) is 11.3. The molecule has 0 saturated heterocycles. The minimum Gasteiger partial charge on any atom is -0.298 e. The van der Waals surface area contributed by atoms with Crippen molar-refractivity contribution in [1.29, 1.82) is 0 Å². The number of ketones is 1. The number of carbonyl (C=O) groups excluding carboxylic acids is 1. The lowest BCUT2D eigenvalue weighted by atomic mass is 9.91. The largest absolute Gasteiger partial charge is 0.407 e. The number of hydrogen-bond acceptors (Lipinski definition) is 4. The predicted octanol–water partition coefficient (Wildman–Crippen LogP) is 5.69. The normalized spacial score (nSPS) is 15.2. The van der Waals surface area contributed by atoms with Crippen molar-refractivity contribution in [2.24, 2.45) is 5.92 Å². The molecule has 4 nitrogen and oxygen atoms in total. The molecule has 0 radical (unpaired) electrons. The molecule has 190 valence electrons. The first kappa shape index (κ1) is 28.5. The minimum absolute atomic E-state index is 0.129. The van der Waals surface area contributed by atoms with Crippen molar-refractivity contribution >= 4 is 15.6 Å². The molecule has 0 saturated carbocycles. The Kier molecular flexibility index (Phi) is 8.90. The molecule has 0 aliphatic rings. The maximum absolute atomic E-state index is 14.4. The van der Waals surface area contributed by atoms with Crippen LogP contribution < -0.4 is 5.32 Å². The Bertz CT molecular complexity index is 1160. The molecule has 2 rings (SSSR count). The van der Waals surface area contributed by atoms with E-state index in [2.05, 4.69) is 11.2 Å². The van der Waals surface area contributed by atoms with Crippen LogP contribution in [0.3, 0.4) is 0 Å². The minimum atomic E-state index is -4.75. The van der Waals surface area contributed by atoms with Crippen LogP contribution >= 0.6 is 0 Å². The van der Waals surface area contributed by atoms with Crippen LogP contribution in [0, 0.1) is 18.3 Å². The molecule has 0 amide bonds. The summed E-state index contributed by atoms with van der Waals surface area (Å²) >= 11 is 0. The van der Waals surface area contributed by atoms with Crippen molar-refractivity contribution in [3.05, 3.63) is 54.1 Å². The Balaban J connectivity index is 2.35. The molecule has 0 aromatic heterocycles. The van der Waals surface area contributed by atoms with E-state index < -0.39 is 51.9 Å². The zero-order chi connectivity index (χ0) is 26.6.